The highest BCUT2D eigenvalue weighted by atomic mass is 32.2. The average molecular weight is 297 g/mol. The standard InChI is InChI=1S/C14H16FNO3S/c1-14(8-9-20(18,19)10-14)16-13(17)7-4-11-2-5-12(15)6-3-11/h2-7H,8-10H2,1H3,(H,16,17)/b7-4+. The van der Waals surface area contributed by atoms with Gasteiger partial charge in [0, 0.05) is 6.08 Å². The maximum Gasteiger partial charge on any atom is 0.244 e. The summed E-state index contributed by atoms with van der Waals surface area (Å²) in [6.45, 7) is 1.72. The number of hydrogen-bond donors (Lipinski definition) is 1. The van der Waals surface area contributed by atoms with Crippen LogP contribution in [0.25, 0.3) is 6.08 Å². The number of carbonyl (C=O) groups is 1. The van der Waals surface area contributed by atoms with Crippen molar-refractivity contribution in [2.45, 2.75) is 18.9 Å². The molecule has 0 bridgehead atoms. The van der Waals surface area contributed by atoms with Crippen LogP contribution in [0.5, 0.6) is 0 Å². The van der Waals surface area contributed by atoms with Gasteiger partial charge in [0.15, 0.2) is 9.84 Å². The van der Waals surface area contributed by atoms with Crippen molar-refractivity contribution in [1.29, 1.82) is 0 Å². The lowest BCUT2D eigenvalue weighted by Crippen LogP contribution is -2.46. The van der Waals surface area contributed by atoms with Crippen molar-refractivity contribution in [2.75, 3.05) is 11.5 Å². The molecular formula is C14H16FNO3S. The summed E-state index contributed by atoms with van der Waals surface area (Å²) in [5, 5.41) is 2.71. The van der Waals surface area contributed by atoms with Crippen molar-refractivity contribution in [3.63, 3.8) is 0 Å². The molecule has 4 nitrogen and oxygen atoms in total. The van der Waals surface area contributed by atoms with Crippen molar-refractivity contribution < 1.29 is 17.6 Å². The molecular weight excluding hydrogens is 281 g/mol. The van der Waals surface area contributed by atoms with Gasteiger partial charge in [-0.05, 0) is 37.1 Å². The number of sulfone groups is 1. The van der Waals surface area contributed by atoms with Gasteiger partial charge in [-0.2, -0.15) is 0 Å². The molecule has 1 aromatic rings. The molecule has 1 amide bonds. The predicted molar refractivity (Wildman–Crippen MR) is 75.3 cm³/mol. The Kier molecular flexibility index (Phi) is 3.94. The van der Waals surface area contributed by atoms with E-state index in [1.165, 1.54) is 18.2 Å². The summed E-state index contributed by atoms with van der Waals surface area (Å²) < 4.78 is 35.6. The van der Waals surface area contributed by atoms with E-state index in [9.17, 15) is 17.6 Å². The number of nitrogens with one attached hydrogen (secondary N) is 1. The number of benzene rings is 1. The van der Waals surface area contributed by atoms with Crippen molar-refractivity contribution in [1.82, 2.24) is 5.32 Å². The minimum Gasteiger partial charge on any atom is -0.346 e. The first kappa shape index (κ1) is 14.7. The smallest absolute Gasteiger partial charge is 0.244 e. The molecule has 6 heteroatoms. The van der Waals surface area contributed by atoms with Gasteiger partial charge < -0.3 is 5.32 Å². The zero-order chi connectivity index (χ0) is 14.8. The highest BCUT2D eigenvalue weighted by Crippen LogP contribution is 2.22. The minimum absolute atomic E-state index is 0.0316. The second-order valence-electron chi connectivity index (χ2n) is 5.28. The number of amides is 1. The highest BCUT2D eigenvalue weighted by molar-refractivity contribution is 7.91. The van der Waals surface area contributed by atoms with Crippen LogP contribution < -0.4 is 5.32 Å². The molecule has 0 aliphatic carbocycles. The maximum atomic E-state index is 12.7. The fourth-order valence-electron chi connectivity index (χ4n) is 2.19. The molecule has 2 rings (SSSR count). The molecule has 1 atom stereocenters. The first-order valence-corrected chi connectivity index (χ1v) is 8.06. The lowest BCUT2D eigenvalue weighted by molar-refractivity contribution is -0.117. The molecule has 1 aliphatic heterocycles. The van der Waals surface area contributed by atoms with Gasteiger partial charge in [0.2, 0.25) is 5.91 Å². The fourth-order valence-corrected chi connectivity index (χ4v) is 4.29. The molecule has 0 radical (unpaired) electrons. The monoisotopic (exact) mass is 297 g/mol. The normalized spacial score (nSPS) is 24.9. The van der Waals surface area contributed by atoms with Crippen molar-refractivity contribution in [2.24, 2.45) is 0 Å². The lowest BCUT2D eigenvalue weighted by Gasteiger charge is -2.22. The van der Waals surface area contributed by atoms with Crippen LogP contribution in [0.3, 0.4) is 0 Å². The summed E-state index contributed by atoms with van der Waals surface area (Å²) >= 11 is 0. The van der Waals surface area contributed by atoms with Crippen LogP contribution >= 0.6 is 0 Å². The number of carbonyl (C=O) groups excluding carboxylic acids is 1. The van der Waals surface area contributed by atoms with Crippen molar-refractivity contribution in [3.05, 3.63) is 41.7 Å². The molecule has 1 aliphatic rings. The van der Waals surface area contributed by atoms with E-state index in [2.05, 4.69) is 5.32 Å². The largest absolute Gasteiger partial charge is 0.346 e. The quantitative estimate of drug-likeness (QED) is 0.861. The van der Waals surface area contributed by atoms with Gasteiger partial charge in [-0.25, -0.2) is 12.8 Å². The summed E-state index contributed by atoms with van der Waals surface area (Å²) in [6.07, 6.45) is 3.30. The molecule has 0 spiro atoms. The minimum atomic E-state index is -3.05. The summed E-state index contributed by atoms with van der Waals surface area (Å²) in [7, 11) is -3.05. The van der Waals surface area contributed by atoms with Gasteiger partial charge in [0.1, 0.15) is 5.82 Å². The Hall–Kier alpha value is -1.69. The van der Waals surface area contributed by atoms with E-state index in [0.29, 0.717) is 12.0 Å². The van der Waals surface area contributed by atoms with Gasteiger partial charge >= 0.3 is 0 Å². The van der Waals surface area contributed by atoms with Crippen LogP contribution in [-0.4, -0.2) is 31.4 Å². The van der Waals surface area contributed by atoms with Gasteiger partial charge in [-0.1, -0.05) is 12.1 Å². The average Bonchev–Trinajstić information content (AvgIpc) is 2.62. The molecule has 0 saturated carbocycles. The SMILES string of the molecule is CC1(NC(=O)/C=C/c2ccc(F)cc2)CCS(=O)(=O)C1. The Morgan fingerprint density at radius 1 is 1.35 bits per heavy atom. The number of halogens is 1. The Labute approximate surface area is 117 Å². The van der Waals surface area contributed by atoms with Gasteiger partial charge in [0.05, 0.1) is 17.0 Å². The number of hydrogen-bond acceptors (Lipinski definition) is 3. The van der Waals surface area contributed by atoms with Crippen LogP contribution in [0.4, 0.5) is 4.39 Å². The molecule has 1 N–H and O–H groups in total. The third-order valence-corrected chi connectivity index (χ3v) is 5.13. The third-order valence-electron chi connectivity index (χ3n) is 3.23. The number of rotatable bonds is 3. The van der Waals surface area contributed by atoms with Crippen LogP contribution in [0.2, 0.25) is 0 Å². The Bertz CT molecular complexity index is 637. The molecule has 1 saturated heterocycles. The Balaban J connectivity index is 1.98. The Morgan fingerprint density at radius 2 is 2.00 bits per heavy atom. The van der Waals surface area contributed by atoms with E-state index in [1.807, 2.05) is 0 Å². The van der Waals surface area contributed by atoms with Crippen LogP contribution in [0, 0.1) is 5.82 Å². The molecule has 20 heavy (non-hydrogen) atoms. The van der Waals surface area contributed by atoms with Gasteiger partial charge in [-0.3, -0.25) is 4.79 Å². The van der Waals surface area contributed by atoms with E-state index in [4.69, 9.17) is 0 Å². The van der Waals surface area contributed by atoms with Crippen molar-refractivity contribution in [3.8, 4) is 0 Å². The second kappa shape index (κ2) is 5.36. The van der Waals surface area contributed by atoms with E-state index in [-0.39, 0.29) is 23.2 Å². The molecule has 108 valence electrons. The van der Waals surface area contributed by atoms with E-state index in [0.717, 1.165) is 0 Å². The molecule has 1 fully saturated rings. The highest BCUT2D eigenvalue weighted by Gasteiger charge is 2.38. The van der Waals surface area contributed by atoms with Gasteiger partial charge in [-0.15, -0.1) is 0 Å². The van der Waals surface area contributed by atoms with Crippen LogP contribution in [0.15, 0.2) is 30.3 Å². The first-order valence-electron chi connectivity index (χ1n) is 6.24. The van der Waals surface area contributed by atoms with E-state index >= 15 is 0 Å². The molecule has 1 unspecified atom stereocenters. The van der Waals surface area contributed by atoms with E-state index in [1.54, 1.807) is 25.1 Å². The van der Waals surface area contributed by atoms with E-state index < -0.39 is 15.4 Å². The molecule has 0 aromatic heterocycles. The predicted octanol–water partition coefficient (Wildman–Crippen LogP) is 1.53. The fraction of sp³-hybridized carbons (Fsp3) is 0.357. The second-order valence-corrected chi connectivity index (χ2v) is 7.46. The van der Waals surface area contributed by atoms with Crippen LogP contribution in [0.1, 0.15) is 18.9 Å². The molecule has 1 heterocycles. The topological polar surface area (TPSA) is 63.2 Å². The Morgan fingerprint density at radius 3 is 2.55 bits per heavy atom. The van der Waals surface area contributed by atoms with Crippen molar-refractivity contribution >= 4 is 21.8 Å². The summed E-state index contributed by atoms with van der Waals surface area (Å²) in [5.41, 5.74) is -0.00554. The summed E-state index contributed by atoms with van der Waals surface area (Å²) in [4.78, 5) is 11.8. The maximum absolute atomic E-state index is 12.7. The molecule has 1 aromatic carbocycles. The zero-order valence-corrected chi connectivity index (χ0v) is 11.9. The van der Waals surface area contributed by atoms with Crippen LogP contribution in [-0.2, 0) is 14.6 Å². The third kappa shape index (κ3) is 3.90. The zero-order valence-electron chi connectivity index (χ0n) is 11.1. The summed E-state index contributed by atoms with van der Waals surface area (Å²) in [5.74, 6) is -0.620. The summed E-state index contributed by atoms with van der Waals surface area (Å²) in [6, 6.07) is 5.73. The van der Waals surface area contributed by atoms with Gasteiger partial charge in [0.25, 0.3) is 0 Å². The first-order chi connectivity index (χ1) is 9.28. The lowest BCUT2D eigenvalue weighted by atomic mass is 10.0.